The summed E-state index contributed by atoms with van der Waals surface area (Å²) in [6.45, 7) is 0.565. The Bertz CT molecular complexity index is 1260. The summed E-state index contributed by atoms with van der Waals surface area (Å²) in [6, 6.07) is 8.46. The second kappa shape index (κ2) is 6.79. The van der Waals surface area contributed by atoms with Gasteiger partial charge in [-0.3, -0.25) is 9.59 Å². The largest absolute Gasteiger partial charge is 0.336 e. The van der Waals surface area contributed by atoms with Crippen molar-refractivity contribution in [1.82, 2.24) is 14.3 Å². The number of sulfonamides is 1. The lowest BCUT2D eigenvalue weighted by Gasteiger charge is -2.11. The summed E-state index contributed by atoms with van der Waals surface area (Å²) in [4.78, 5) is 28.1. The van der Waals surface area contributed by atoms with E-state index in [1.165, 1.54) is 6.20 Å². The predicted octanol–water partition coefficient (Wildman–Crippen LogP) is 2.75. The number of amides is 1. The molecule has 1 aliphatic carbocycles. The van der Waals surface area contributed by atoms with Crippen molar-refractivity contribution in [2.24, 2.45) is 5.92 Å². The van der Waals surface area contributed by atoms with Gasteiger partial charge in [0, 0.05) is 39.8 Å². The number of H-pyrrole nitrogens is 1. The summed E-state index contributed by atoms with van der Waals surface area (Å²) in [5.74, 6) is -0.355. The maximum atomic E-state index is 13.0. The minimum atomic E-state index is -3.78. The second-order valence-corrected chi connectivity index (χ2v) is 9.24. The molecule has 0 aliphatic heterocycles. The Kier molecular flexibility index (Phi) is 4.55. The quantitative estimate of drug-likeness (QED) is 0.663. The van der Waals surface area contributed by atoms with E-state index in [1.807, 2.05) is 4.72 Å². The number of nitrogens with zero attached hydrogens (tertiary/aromatic N) is 1. The third-order valence-electron chi connectivity index (χ3n) is 4.74. The summed E-state index contributed by atoms with van der Waals surface area (Å²) in [7, 11) is -3.78. The maximum absolute atomic E-state index is 13.0. The van der Waals surface area contributed by atoms with Crippen molar-refractivity contribution in [2.45, 2.75) is 19.4 Å². The first kappa shape index (κ1) is 18.8. The summed E-state index contributed by atoms with van der Waals surface area (Å²) in [6.07, 6.45) is 4.51. The number of fused-ring (bicyclic) bond motifs is 1. The number of carbonyl (C=O) groups is 1. The smallest absolute Gasteiger partial charge is 0.282 e. The number of hydrogen-bond acceptors (Lipinski definition) is 4. The molecule has 0 saturated heterocycles. The number of benzene rings is 1. The molecule has 7 nitrogen and oxygen atoms in total. The number of halogens is 1. The molecule has 4 rings (SSSR count). The molecule has 2 aromatic heterocycles. The first-order chi connectivity index (χ1) is 13.2. The number of carbonyl (C=O) groups excluding carboxylic acids is 1. The normalized spacial score (nSPS) is 14.4. The lowest BCUT2D eigenvalue weighted by Crippen LogP contribution is -2.32. The van der Waals surface area contributed by atoms with Crippen molar-refractivity contribution >= 4 is 38.4 Å². The van der Waals surface area contributed by atoms with Gasteiger partial charge in [0.25, 0.3) is 11.5 Å². The highest BCUT2D eigenvalue weighted by atomic mass is 35.5. The van der Waals surface area contributed by atoms with Crippen LogP contribution in [0, 0.1) is 5.92 Å². The van der Waals surface area contributed by atoms with Crippen LogP contribution in [0.2, 0.25) is 5.02 Å². The molecule has 0 radical (unpaired) electrons. The van der Waals surface area contributed by atoms with Gasteiger partial charge in [-0.1, -0.05) is 11.6 Å². The van der Waals surface area contributed by atoms with Gasteiger partial charge in [0.15, 0.2) is 0 Å². The SMILES string of the molecule is CS(=O)(=O)NC(=O)c1c(-c2ccc[nH]c2=O)c2cc(Cl)ccc2n1CC1CC1. The Morgan fingerprint density at radius 1 is 1.32 bits per heavy atom. The van der Waals surface area contributed by atoms with Crippen LogP contribution in [0.1, 0.15) is 23.3 Å². The van der Waals surface area contributed by atoms with Crippen LogP contribution < -0.4 is 10.3 Å². The Hall–Kier alpha value is -2.58. The fourth-order valence-corrected chi connectivity index (χ4v) is 4.02. The minimum absolute atomic E-state index is 0.145. The van der Waals surface area contributed by atoms with Crippen molar-refractivity contribution in [3.63, 3.8) is 0 Å². The van der Waals surface area contributed by atoms with Crippen molar-refractivity contribution in [2.75, 3.05) is 6.26 Å². The molecule has 2 heterocycles. The van der Waals surface area contributed by atoms with E-state index >= 15 is 0 Å². The minimum Gasteiger partial charge on any atom is -0.336 e. The van der Waals surface area contributed by atoms with Crippen LogP contribution >= 0.6 is 11.6 Å². The second-order valence-electron chi connectivity index (χ2n) is 7.06. The molecule has 3 aromatic rings. The van der Waals surface area contributed by atoms with Gasteiger partial charge in [0.2, 0.25) is 10.0 Å². The number of rotatable bonds is 5. The van der Waals surface area contributed by atoms with Gasteiger partial charge in [-0.05, 0) is 49.1 Å². The van der Waals surface area contributed by atoms with Gasteiger partial charge in [-0.2, -0.15) is 0 Å². The molecule has 0 unspecified atom stereocenters. The molecule has 2 N–H and O–H groups in total. The third-order valence-corrected chi connectivity index (χ3v) is 5.54. The third kappa shape index (κ3) is 3.57. The van der Waals surface area contributed by atoms with E-state index in [2.05, 4.69) is 4.98 Å². The van der Waals surface area contributed by atoms with Crippen molar-refractivity contribution in [1.29, 1.82) is 0 Å². The topological polar surface area (TPSA) is 101 Å². The summed E-state index contributed by atoms with van der Waals surface area (Å²) in [5.41, 5.74) is 1.16. The summed E-state index contributed by atoms with van der Waals surface area (Å²) < 4.78 is 27.3. The van der Waals surface area contributed by atoms with E-state index in [0.717, 1.165) is 24.6 Å². The molecule has 28 heavy (non-hydrogen) atoms. The van der Waals surface area contributed by atoms with Gasteiger partial charge < -0.3 is 9.55 Å². The molecule has 1 amide bonds. The van der Waals surface area contributed by atoms with Crippen LogP contribution in [0.5, 0.6) is 0 Å². The molecule has 9 heteroatoms. The average molecular weight is 420 g/mol. The average Bonchev–Trinajstić information content (AvgIpc) is 3.36. The van der Waals surface area contributed by atoms with Crippen molar-refractivity contribution in [3.05, 3.63) is 57.6 Å². The van der Waals surface area contributed by atoms with Crippen LogP contribution in [0.25, 0.3) is 22.0 Å². The number of pyridine rings is 1. The fourth-order valence-electron chi connectivity index (χ4n) is 3.42. The highest BCUT2D eigenvalue weighted by Gasteiger charge is 2.30. The van der Waals surface area contributed by atoms with E-state index < -0.39 is 15.9 Å². The number of aromatic nitrogens is 2. The molecule has 0 bridgehead atoms. The molecule has 0 spiro atoms. The Labute approximate surface area is 166 Å². The summed E-state index contributed by atoms with van der Waals surface area (Å²) >= 11 is 6.19. The van der Waals surface area contributed by atoms with Crippen LogP contribution in [-0.4, -0.2) is 30.1 Å². The standard InChI is InChI=1S/C19H18ClN3O4S/c1-28(26,27)22-19(25)17-16(13-3-2-8-21-18(13)24)14-9-12(20)6-7-15(14)23(17)10-11-4-5-11/h2-3,6-9,11H,4-5,10H2,1H3,(H,21,24)(H,22,25). The highest BCUT2D eigenvalue weighted by Crippen LogP contribution is 2.39. The number of aromatic amines is 1. The van der Waals surface area contributed by atoms with E-state index in [9.17, 15) is 18.0 Å². The van der Waals surface area contributed by atoms with Gasteiger partial charge in [-0.15, -0.1) is 0 Å². The molecule has 1 fully saturated rings. The van der Waals surface area contributed by atoms with E-state index in [0.29, 0.717) is 28.4 Å². The number of nitrogens with one attached hydrogen (secondary N) is 2. The molecular weight excluding hydrogens is 402 g/mol. The van der Waals surface area contributed by atoms with Crippen molar-refractivity contribution < 1.29 is 13.2 Å². The van der Waals surface area contributed by atoms with E-state index in [1.54, 1.807) is 34.9 Å². The molecule has 146 valence electrons. The maximum Gasteiger partial charge on any atom is 0.282 e. The van der Waals surface area contributed by atoms with Gasteiger partial charge in [0.1, 0.15) is 5.69 Å². The number of hydrogen-bond donors (Lipinski definition) is 2. The zero-order chi connectivity index (χ0) is 20.1. The van der Waals surface area contributed by atoms with Crippen LogP contribution in [-0.2, 0) is 16.6 Å². The van der Waals surface area contributed by atoms with Gasteiger partial charge in [0.05, 0.1) is 6.26 Å². The molecule has 1 aliphatic rings. The van der Waals surface area contributed by atoms with Crippen LogP contribution in [0.3, 0.4) is 0 Å². The lowest BCUT2D eigenvalue weighted by molar-refractivity contribution is 0.0973. The first-order valence-corrected chi connectivity index (χ1v) is 11.0. The first-order valence-electron chi connectivity index (χ1n) is 8.76. The highest BCUT2D eigenvalue weighted by molar-refractivity contribution is 7.89. The zero-order valence-electron chi connectivity index (χ0n) is 15.0. The summed E-state index contributed by atoms with van der Waals surface area (Å²) in [5, 5.41) is 1.09. The fraction of sp³-hybridized carbons (Fsp3) is 0.263. The van der Waals surface area contributed by atoms with E-state index in [-0.39, 0.29) is 16.8 Å². The zero-order valence-corrected chi connectivity index (χ0v) is 16.6. The monoisotopic (exact) mass is 419 g/mol. The predicted molar refractivity (Wildman–Crippen MR) is 108 cm³/mol. The van der Waals surface area contributed by atoms with Crippen LogP contribution in [0.4, 0.5) is 0 Å². The van der Waals surface area contributed by atoms with Gasteiger partial charge in [-0.25, -0.2) is 13.1 Å². The molecule has 0 atom stereocenters. The molecule has 1 aromatic carbocycles. The molecule has 1 saturated carbocycles. The Morgan fingerprint density at radius 2 is 2.07 bits per heavy atom. The lowest BCUT2D eigenvalue weighted by atomic mass is 10.0. The Balaban J connectivity index is 2.08. The van der Waals surface area contributed by atoms with Crippen molar-refractivity contribution in [3.8, 4) is 11.1 Å². The molecular formula is C19H18ClN3O4S. The Morgan fingerprint density at radius 3 is 2.71 bits per heavy atom. The van der Waals surface area contributed by atoms with E-state index in [4.69, 9.17) is 11.6 Å². The van der Waals surface area contributed by atoms with Gasteiger partial charge >= 0.3 is 0 Å². The van der Waals surface area contributed by atoms with Crippen LogP contribution in [0.15, 0.2) is 41.3 Å².